The van der Waals surface area contributed by atoms with Crippen molar-refractivity contribution in [3.05, 3.63) is 40.6 Å². The monoisotopic (exact) mass is 367 g/mol. The molecule has 116 valence electrons. The van der Waals surface area contributed by atoms with Crippen LogP contribution in [0.1, 0.15) is 10.5 Å². The molecule has 0 atom stereocenters. The van der Waals surface area contributed by atoms with Crippen molar-refractivity contribution in [2.75, 3.05) is 21.3 Å². The van der Waals surface area contributed by atoms with Crippen LogP contribution in [0.15, 0.2) is 34.9 Å². The highest BCUT2D eigenvalue weighted by atomic mass is 79.9. The van der Waals surface area contributed by atoms with Gasteiger partial charge in [0, 0.05) is 16.2 Å². The number of methoxy groups -OCH3 is 3. The first-order valence-corrected chi connectivity index (χ1v) is 7.04. The first-order chi connectivity index (χ1) is 10.5. The molecule has 0 amide bonds. The van der Waals surface area contributed by atoms with Crippen LogP contribution in [-0.4, -0.2) is 38.0 Å². The summed E-state index contributed by atoms with van der Waals surface area (Å²) in [4.78, 5) is 23.9. The lowest BCUT2D eigenvalue weighted by Gasteiger charge is -2.08. The summed E-state index contributed by atoms with van der Waals surface area (Å²) in [7, 11) is 4.06. The summed E-state index contributed by atoms with van der Waals surface area (Å²) >= 11 is 3.37. The Hall–Kier alpha value is -2.28. The van der Waals surface area contributed by atoms with Crippen molar-refractivity contribution in [3.8, 4) is 16.9 Å². The van der Waals surface area contributed by atoms with Crippen molar-refractivity contribution in [1.82, 2.24) is 4.57 Å². The highest BCUT2D eigenvalue weighted by Crippen LogP contribution is 2.35. The van der Waals surface area contributed by atoms with Crippen molar-refractivity contribution >= 4 is 28.0 Å². The van der Waals surface area contributed by atoms with Gasteiger partial charge in [0.1, 0.15) is 11.4 Å². The van der Waals surface area contributed by atoms with E-state index in [-0.39, 0.29) is 5.69 Å². The lowest BCUT2D eigenvalue weighted by atomic mass is 10.1. The van der Waals surface area contributed by atoms with E-state index >= 15 is 0 Å². The van der Waals surface area contributed by atoms with Crippen LogP contribution in [0.4, 0.5) is 4.79 Å². The number of nitrogens with zero attached hydrogens (tertiary/aromatic N) is 1. The van der Waals surface area contributed by atoms with Gasteiger partial charge in [-0.3, -0.25) is 0 Å². The minimum Gasteiger partial charge on any atom is -0.497 e. The first-order valence-electron chi connectivity index (χ1n) is 6.25. The molecule has 1 aromatic carbocycles. The average molecular weight is 368 g/mol. The average Bonchev–Trinajstić information content (AvgIpc) is 2.90. The van der Waals surface area contributed by atoms with Crippen molar-refractivity contribution in [2.45, 2.75) is 0 Å². The molecule has 0 saturated heterocycles. The van der Waals surface area contributed by atoms with Crippen LogP contribution in [-0.2, 0) is 9.47 Å². The fraction of sp³-hybridized carbons (Fsp3) is 0.200. The first kappa shape index (κ1) is 16.1. The largest absolute Gasteiger partial charge is 0.497 e. The Morgan fingerprint density at radius 3 is 2.18 bits per heavy atom. The third kappa shape index (κ3) is 2.85. The van der Waals surface area contributed by atoms with E-state index in [2.05, 4.69) is 20.7 Å². The van der Waals surface area contributed by atoms with Crippen LogP contribution in [0.2, 0.25) is 0 Å². The second-order valence-corrected chi connectivity index (χ2v) is 5.12. The van der Waals surface area contributed by atoms with Crippen molar-refractivity contribution in [1.29, 1.82) is 0 Å². The number of carbonyl (C=O) groups excluding carboxylic acids is 2. The van der Waals surface area contributed by atoms with Gasteiger partial charge in [0.05, 0.1) is 21.3 Å². The fourth-order valence-electron chi connectivity index (χ4n) is 2.05. The molecule has 0 unspecified atom stereocenters. The molecular weight excluding hydrogens is 354 g/mol. The number of esters is 1. The van der Waals surface area contributed by atoms with E-state index in [4.69, 9.17) is 9.47 Å². The molecule has 0 aliphatic heterocycles. The highest BCUT2D eigenvalue weighted by Gasteiger charge is 2.26. The van der Waals surface area contributed by atoms with Crippen LogP contribution in [0, 0.1) is 0 Å². The maximum Gasteiger partial charge on any atom is 0.418 e. The molecule has 0 saturated carbocycles. The number of halogens is 1. The maximum atomic E-state index is 12.1. The molecule has 22 heavy (non-hydrogen) atoms. The minimum atomic E-state index is -0.680. The molecule has 0 aliphatic carbocycles. The Bertz CT molecular complexity index is 705. The normalized spacial score (nSPS) is 10.2. The van der Waals surface area contributed by atoms with Crippen LogP contribution >= 0.6 is 15.9 Å². The minimum absolute atomic E-state index is 0.0893. The van der Waals surface area contributed by atoms with Gasteiger partial charge in [-0.25, -0.2) is 14.2 Å². The van der Waals surface area contributed by atoms with E-state index in [0.29, 0.717) is 15.8 Å². The van der Waals surface area contributed by atoms with Gasteiger partial charge in [-0.05, 0) is 33.6 Å². The van der Waals surface area contributed by atoms with Crippen molar-refractivity contribution in [2.24, 2.45) is 0 Å². The quantitative estimate of drug-likeness (QED) is 0.778. The Kier molecular flexibility index (Phi) is 4.87. The summed E-state index contributed by atoms with van der Waals surface area (Å²) < 4.78 is 16.3. The highest BCUT2D eigenvalue weighted by molar-refractivity contribution is 9.10. The zero-order valence-corrected chi connectivity index (χ0v) is 13.8. The molecule has 0 spiro atoms. The fourth-order valence-corrected chi connectivity index (χ4v) is 2.67. The summed E-state index contributed by atoms with van der Waals surface area (Å²) in [5.41, 5.74) is 1.36. The molecule has 0 radical (unpaired) electrons. The third-order valence-corrected chi connectivity index (χ3v) is 3.69. The standard InChI is InChI=1S/C15H14BrNO5/c1-20-10-6-4-9(5-7-10)12-11(16)8-17(15(19)22-3)13(12)14(18)21-2/h4-8H,1-3H3. The summed E-state index contributed by atoms with van der Waals surface area (Å²) in [6.45, 7) is 0. The summed E-state index contributed by atoms with van der Waals surface area (Å²) in [5.74, 6) is 0.0498. The van der Waals surface area contributed by atoms with Crippen molar-refractivity contribution < 1.29 is 23.8 Å². The zero-order chi connectivity index (χ0) is 16.3. The predicted octanol–water partition coefficient (Wildman–Crippen LogP) is 3.33. The molecule has 1 heterocycles. The summed E-state index contributed by atoms with van der Waals surface area (Å²) in [5, 5.41) is 0. The lowest BCUT2D eigenvalue weighted by molar-refractivity contribution is 0.0588. The van der Waals surface area contributed by atoms with Gasteiger partial charge < -0.3 is 14.2 Å². The molecule has 6 nitrogen and oxygen atoms in total. The molecule has 0 fully saturated rings. The maximum absolute atomic E-state index is 12.1. The topological polar surface area (TPSA) is 66.8 Å². The van der Waals surface area contributed by atoms with E-state index in [9.17, 15) is 9.59 Å². The Morgan fingerprint density at radius 2 is 1.68 bits per heavy atom. The zero-order valence-electron chi connectivity index (χ0n) is 12.3. The SMILES string of the molecule is COC(=O)c1c(-c2ccc(OC)cc2)c(Br)cn1C(=O)OC. The number of carbonyl (C=O) groups is 2. The number of hydrogen-bond donors (Lipinski definition) is 0. The van der Waals surface area contributed by atoms with E-state index in [1.807, 2.05) is 0 Å². The molecule has 2 rings (SSSR count). The molecule has 0 aliphatic rings. The van der Waals surface area contributed by atoms with Gasteiger partial charge in [-0.15, -0.1) is 0 Å². The second kappa shape index (κ2) is 6.65. The van der Waals surface area contributed by atoms with E-state index in [1.54, 1.807) is 31.4 Å². The molecule has 2 aromatic rings. The molecule has 7 heteroatoms. The molecule has 1 aromatic heterocycles. The number of aromatic nitrogens is 1. The number of hydrogen-bond acceptors (Lipinski definition) is 5. The predicted molar refractivity (Wildman–Crippen MR) is 83.3 cm³/mol. The van der Waals surface area contributed by atoms with Crippen LogP contribution < -0.4 is 4.74 Å². The molecular formula is C15H14BrNO5. The molecule has 0 bridgehead atoms. The number of benzene rings is 1. The van der Waals surface area contributed by atoms with Crippen LogP contribution in [0.5, 0.6) is 5.75 Å². The lowest BCUT2D eigenvalue weighted by Crippen LogP contribution is -2.18. The second-order valence-electron chi connectivity index (χ2n) is 4.26. The van der Waals surface area contributed by atoms with Crippen molar-refractivity contribution in [3.63, 3.8) is 0 Å². The van der Waals surface area contributed by atoms with Gasteiger partial charge in [0.15, 0.2) is 0 Å². The van der Waals surface area contributed by atoms with Gasteiger partial charge in [0.2, 0.25) is 0 Å². The van der Waals surface area contributed by atoms with E-state index < -0.39 is 12.1 Å². The number of rotatable bonds is 3. The van der Waals surface area contributed by atoms with Crippen LogP contribution in [0.3, 0.4) is 0 Å². The summed E-state index contributed by atoms with van der Waals surface area (Å²) in [6.07, 6.45) is 0.790. The molecule has 0 N–H and O–H groups in total. The Morgan fingerprint density at radius 1 is 1.05 bits per heavy atom. The van der Waals surface area contributed by atoms with Gasteiger partial charge >= 0.3 is 12.1 Å². The number of ether oxygens (including phenoxy) is 3. The van der Waals surface area contributed by atoms with Gasteiger partial charge in [-0.1, -0.05) is 12.1 Å². The Balaban J connectivity index is 2.65. The Labute approximate surface area is 135 Å². The van der Waals surface area contributed by atoms with Crippen LogP contribution in [0.25, 0.3) is 11.1 Å². The van der Waals surface area contributed by atoms with Gasteiger partial charge in [-0.2, -0.15) is 0 Å². The van der Waals surface area contributed by atoms with E-state index in [0.717, 1.165) is 10.1 Å². The van der Waals surface area contributed by atoms with Gasteiger partial charge in [0.25, 0.3) is 0 Å². The van der Waals surface area contributed by atoms with E-state index in [1.165, 1.54) is 20.4 Å². The summed E-state index contributed by atoms with van der Waals surface area (Å²) in [6, 6.07) is 7.09. The smallest absolute Gasteiger partial charge is 0.418 e. The third-order valence-electron chi connectivity index (χ3n) is 3.09.